The molecule has 2 aromatic rings. The number of likely N-dealkylation sites (N-methyl/N-ethyl adjacent to an activating group) is 1. The molecular weight excluding hydrogens is 951 g/mol. The van der Waals surface area contributed by atoms with Gasteiger partial charge in [0, 0.05) is 39.2 Å². The van der Waals surface area contributed by atoms with Gasteiger partial charge in [0.15, 0.2) is 11.8 Å². The van der Waals surface area contributed by atoms with E-state index < -0.39 is 89.7 Å². The van der Waals surface area contributed by atoms with Crippen molar-refractivity contribution in [1.82, 2.24) is 15.3 Å². The Morgan fingerprint density at radius 3 is 2.31 bits per heavy atom. The number of hydroxylamine groups is 2. The highest BCUT2D eigenvalue weighted by molar-refractivity contribution is 5.96. The zero-order chi connectivity index (χ0) is 53.5. The Labute approximate surface area is 446 Å². The SMILES string of the molecule is CCCCCC1(CCCCC)O[C@@H]2[C@H](O1)[C@H]1ON(Cc3cccc(C=C4CCC5O[C@]5(C)CC[C@@H]5[C@@H]4CC5(C)C)c3)[C@@H]3C(=O)O[C@@H]2C[C@]13C(=O)N(C)[C@H](Cc1ccccc1)C(=O)N[C@H](CO)CCC(=O)OC(C)(C)C. The summed E-state index contributed by atoms with van der Waals surface area (Å²) in [7, 11) is 1.62. The average molecular weight is 1040 g/mol. The Bertz CT molecular complexity index is 2390. The van der Waals surface area contributed by atoms with Crippen molar-refractivity contribution in [2.45, 2.75) is 237 Å². The zero-order valence-corrected chi connectivity index (χ0v) is 46.4. The number of amides is 2. The first-order valence-corrected chi connectivity index (χ1v) is 28.6. The molecule has 14 nitrogen and oxygen atoms in total. The van der Waals surface area contributed by atoms with Crippen LogP contribution >= 0.6 is 0 Å². The maximum atomic E-state index is 16.2. The third kappa shape index (κ3) is 11.7. The molecule has 2 bridgehead atoms. The summed E-state index contributed by atoms with van der Waals surface area (Å²) in [5.74, 6) is -1.78. The summed E-state index contributed by atoms with van der Waals surface area (Å²) < 4.78 is 32.5. The van der Waals surface area contributed by atoms with E-state index in [0.717, 1.165) is 80.9 Å². The summed E-state index contributed by atoms with van der Waals surface area (Å²) >= 11 is 0. The van der Waals surface area contributed by atoms with Gasteiger partial charge in [0.1, 0.15) is 41.5 Å². The topological polar surface area (TPSA) is 166 Å². The number of hydrogen-bond acceptors (Lipinski definition) is 12. The highest BCUT2D eigenvalue weighted by Gasteiger charge is 2.77. The number of benzene rings is 2. The number of hydrogen-bond donors (Lipinski definition) is 2. The van der Waals surface area contributed by atoms with E-state index in [4.69, 9.17) is 28.5 Å². The van der Waals surface area contributed by atoms with Crippen LogP contribution in [0.1, 0.15) is 175 Å². The number of aliphatic hydroxyl groups is 1. The van der Waals surface area contributed by atoms with Crippen molar-refractivity contribution >= 4 is 29.8 Å². The molecule has 0 spiro atoms. The van der Waals surface area contributed by atoms with Gasteiger partial charge in [-0.05, 0) is 113 Å². The van der Waals surface area contributed by atoms with Crippen LogP contribution in [0.15, 0.2) is 60.2 Å². The molecule has 0 radical (unpaired) electrons. The van der Waals surface area contributed by atoms with Gasteiger partial charge in [-0.2, -0.15) is 5.06 Å². The molecule has 14 heteroatoms. The zero-order valence-electron chi connectivity index (χ0n) is 46.4. The number of esters is 2. The molecule has 75 heavy (non-hydrogen) atoms. The van der Waals surface area contributed by atoms with Crippen LogP contribution in [-0.2, 0) is 60.7 Å². The van der Waals surface area contributed by atoms with E-state index in [0.29, 0.717) is 30.8 Å². The Hall–Kier alpha value is -4.18. The Morgan fingerprint density at radius 2 is 1.63 bits per heavy atom. The van der Waals surface area contributed by atoms with Crippen LogP contribution in [-0.4, -0.2) is 118 Å². The number of epoxide rings is 1. The molecule has 0 aromatic heterocycles. The molecule has 7 fully saturated rings. The number of aliphatic hydroxyl groups excluding tert-OH is 1. The van der Waals surface area contributed by atoms with E-state index in [2.05, 4.69) is 64.2 Å². The molecule has 12 atom stereocenters. The quantitative estimate of drug-likeness (QED) is 0.0692. The maximum Gasteiger partial charge on any atom is 0.327 e. The van der Waals surface area contributed by atoms with Gasteiger partial charge < -0.3 is 39.0 Å². The largest absolute Gasteiger partial charge is 0.460 e. The number of ether oxygens (including phenoxy) is 5. The van der Waals surface area contributed by atoms with Crippen LogP contribution in [0.5, 0.6) is 0 Å². The molecule has 2 aromatic carbocycles. The van der Waals surface area contributed by atoms with E-state index in [1.165, 1.54) is 16.9 Å². The van der Waals surface area contributed by atoms with E-state index in [1.54, 1.807) is 32.9 Å². The second-order valence-electron chi connectivity index (χ2n) is 25.2. The molecule has 9 rings (SSSR count). The third-order valence-electron chi connectivity index (χ3n) is 18.1. The van der Waals surface area contributed by atoms with Crippen molar-refractivity contribution < 1.29 is 52.8 Å². The number of allylic oxidation sites excluding steroid dienone is 1. The monoisotopic (exact) mass is 1040 g/mol. The van der Waals surface area contributed by atoms with Crippen molar-refractivity contribution in [3.8, 4) is 0 Å². The number of rotatable bonds is 21. The molecule has 2 amide bonds. The van der Waals surface area contributed by atoms with Crippen LogP contribution in [0.25, 0.3) is 6.08 Å². The van der Waals surface area contributed by atoms with Crippen LogP contribution in [0.4, 0.5) is 0 Å². The lowest BCUT2D eigenvalue weighted by Crippen LogP contribution is -2.70. The maximum absolute atomic E-state index is 16.2. The van der Waals surface area contributed by atoms with Gasteiger partial charge in [0.25, 0.3) is 0 Å². The highest BCUT2D eigenvalue weighted by atomic mass is 16.8. The summed E-state index contributed by atoms with van der Waals surface area (Å²) in [5.41, 5.74) is 2.33. The molecular formula is C61H87N3O11. The normalized spacial score (nSPS) is 32.5. The number of fused-ring (bicyclic) bond motifs is 6. The molecule has 4 aliphatic heterocycles. The van der Waals surface area contributed by atoms with Gasteiger partial charge in [0.05, 0.1) is 30.9 Å². The minimum absolute atomic E-state index is 0.00370. The molecule has 4 saturated heterocycles. The molecule has 412 valence electrons. The fraction of sp³-hybridized carbons (Fsp3) is 0.705. The van der Waals surface area contributed by atoms with E-state index >= 15 is 4.79 Å². The molecule has 4 heterocycles. The predicted octanol–water partition coefficient (Wildman–Crippen LogP) is 9.57. The van der Waals surface area contributed by atoms with Gasteiger partial charge >= 0.3 is 11.9 Å². The fourth-order valence-electron chi connectivity index (χ4n) is 14.0. The summed E-state index contributed by atoms with van der Waals surface area (Å²) in [4.78, 5) is 67.3. The fourth-order valence-corrected chi connectivity index (χ4v) is 14.0. The van der Waals surface area contributed by atoms with E-state index in [-0.39, 0.29) is 43.2 Å². The molecule has 7 aliphatic rings. The van der Waals surface area contributed by atoms with Crippen LogP contribution in [0.2, 0.25) is 0 Å². The van der Waals surface area contributed by atoms with Crippen LogP contribution < -0.4 is 5.32 Å². The van der Waals surface area contributed by atoms with Crippen LogP contribution in [0.3, 0.4) is 0 Å². The van der Waals surface area contributed by atoms with E-state index in [9.17, 15) is 19.5 Å². The lowest BCUT2D eigenvalue weighted by atomic mass is 9.52. The first-order chi connectivity index (χ1) is 35.7. The first-order valence-electron chi connectivity index (χ1n) is 28.6. The lowest BCUT2D eigenvalue weighted by molar-refractivity contribution is -0.225. The molecule has 3 aliphatic carbocycles. The molecule has 2 N–H and O–H groups in total. The number of nitrogens with one attached hydrogen (secondary N) is 1. The Balaban J connectivity index is 1.05. The second-order valence-corrected chi connectivity index (χ2v) is 25.2. The molecule has 1 unspecified atom stereocenters. The number of carbonyl (C=O) groups excluding carboxylic acids is 4. The Morgan fingerprint density at radius 1 is 0.920 bits per heavy atom. The first kappa shape index (κ1) is 55.6. The average Bonchev–Trinajstić information content (AvgIpc) is 3.81. The number of unbranched alkanes of at least 4 members (excludes halogenated alkanes) is 4. The van der Waals surface area contributed by atoms with Gasteiger partial charge in [-0.3, -0.25) is 24.0 Å². The molecule has 3 saturated carbocycles. The van der Waals surface area contributed by atoms with Crippen molar-refractivity contribution in [1.29, 1.82) is 0 Å². The van der Waals surface area contributed by atoms with Gasteiger partial charge in [-0.15, -0.1) is 0 Å². The predicted molar refractivity (Wildman–Crippen MR) is 284 cm³/mol. The minimum atomic E-state index is -1.53. The number of nitrogens with zero attached hydrogens (tertiary/aromatic N) is 2. The minimum Gasteiger partial charge on any atom is -0.460 e. The van der Waals surface area contributed by atoms with Gasteiger partial charge in [0.2, 0.25) is 11.8 Å². The van der Waals surface area contributed by atoms with Gasteiger partial charge in [-0.25, -0.2) is 0 Å². The van der Waals surface area contributed by atoms with Crippen LogP contribution in [0, 0.1) is 22.7 Å². The Kier molecular flexibility index (Phi) is 16.5. The van der Waals surface area contributed by atoms with Crippen molar-refractivity contribution in [2.24, 2.45) is 22.7 Å². The van der Waals surface area contributed by atoms with Crippen molar-refractivity contribution in [2.75, 3.05) is 13.7 Å². The smallest absolute Gasteiger partial charge is 0.327 e. The standard InChI is InChI=1S/C61H87N3O11/c1-10-12-17-29-60(30-18-13-11-2)73-50-47-36-61(56(69)63(9)46(34-39-20-15-14-16-21-39)54(67)62-43(38-65)25-27-49(66)72-57(3,4)5)52(55(68)70-47)64(75-53(61)51(50)74-60)37-41-23-19-22-40(32-41)33-42-24-26-48-59(8,71-48)31-28-45-44(42)35-58(45,6)7/h14-16,19-23,32-33,43-48,50-53,65H,10-13,17-18,24-31,34-38H2,1-9H3,(H,62,67)/t43-,44+,45+,46+,47+,48?,50-,51-,52+,53+,59+,61+/m0/s1. The number of carbonyl (C=O) groups is 4. The summed E-state index contributed by atoms with van der Waals surface area (Å²) in [5, 5.41) is 15.1. The summed E-state index contributed by atoms with van der Waals surface area (Å²) in [6, 6.07) is 14.8. The van der Waals surface area contributed by atoms with Crippen molar-refractivity contribution in [3.63, 3.8) is 0 Å². The second kappa shape index (κ2) is 22.3. The van der Waals surface area contributed by atoms with E-state index in [1.807, 2.05) is 36.4 Å². The van der Waals surface area contributed by atoms with Crippen molar-refractivity contribution in [3.05, 3.63) is 76.9 Å². The summed E-state index contributed by atoms with van der Waals surface area (Å²) in [6.45, 7) is 16.5. The van der Waals surface area contributed by atoms with Gasteiger partial charge in [-0.1, -0.05) is 120 Å². The summed E-state index contributed by atoms with van der Waals surface area (Å²) in [6.07, 6.45) is 12.5. The highest BCUT2D eigenvalue weighted by Crippen LogP contribution is 2.61. The third-order valence-corrected chi connectivity index (χ3v) is 18.1. The lowest BCUT2D eigenvalue weighted by Gasteiger charge is -2.53.